The Labute approximate surface area is 237 Å². The van der Waals surface area contributed by atoms with Crippen LogP contribution in [0.15, 0.2) is 36.4 Å². The maximum atomic E-state index is 13.9. The number of benzene rings is 2. The van der Waals surface area contributed by atoms with E-state index in [2.05, 4.69) is 24.5 Å². The van der Waals surface area contributed by atoms with Crippen molar-refractivity contribution in [3.05, 3.63) is 70.0 Å². The van der Waals surface area contributed by atoms with Gasteiger partial charge in [0.15, 0.2) is 0 Å². The molecule has 9 heteroatoms. The molecular formula is C31H45FN4O4. The van der Waals surface area contributed by atoms with E-state index in [9.17, 15) is 23.9 Å². The smallest absolute Gasteiger partial charge is 0.253 e. The standard InChI is InChI=1S/C31H45FN4O4/c1-6-12-36(13-7-2)31(40)25-17-23(29(33)38)16-24(18-25)30(39)35-27(28(37)19-34-11-10-20(3)4)15-22-8-9-26(32)21(5)14-22/h8-9,14,16-18,20,27-28,34,37H,6-7,10-13,15,19H2,1-5H3,(H2,33,38)(H,35,39)/t27-,28+/m0/s1. The van der Waals surface area contributed by atoms with Crippen molar-refractivity contribution in [2.24, 2.45) is 11.7 Å². The van der Waals surface area contributed by atoms with E-state index in [-0.39, 0.29) is 41.4 Å². The second kappa shape index (κ2) is 16.1. The number of carbonyl (C=O) groups is 3. The van der Waals surface area contributed by atoms with Gasteiger partial charge in [-0.15, -0.1) is 0 Å². The summed E-state index contributed by atoms with van der Waals surface area (Å²) in [6.07, 6.45) is 1.77. The number of hydrogen-bond acceptors (Lipinski definition) is 5. The van der Waals surface area contributed by atoms with Crippen LogP contribution in [0.5, 0.6) is 0 Å². The zero-order chi connectivity index (χ0) is 29.8. The highest BCUT2D eigenvalue weighted by Gasteiger charge is 2.25. The fourth-order valence-electron chi connectivity index (χ4n) is 4.47. The van der Waals surface area contributed by atoms with Crippen molar-refractivity contribution in [2.45, 2.75) is 72.4 Å². The van der Waals surface area contributed by atoms with E-state index in [0.29, 0.717) is 31.1 Å². The fraction of sp³-hybridized carbons (Fsp3) is 0.516. The molecule has 2 aromatic rings. The van der Waals surface area contributed by atoms with Crippen LogP contribution in [0.1, 0.15) is 89.2 Å². The molecule has 0 aliphatic rings. The maximum absolute atomic E-state index is 13.9. The van der Waals surface area contributed by atoms with Gasteiger partial charge in [0, 0.05) is 36.3 Å². The maximum Gasteiger partial charge on any atom is 0.253 e. The normalized spacial score (nSPS) is 12.7. The first kappa shape index (κ1) is 32.9. The highest BCUT2D eigenvalue weighted by atomic mass is 19.1. The van der Waals surface area contributed by atoms with Gasteiger partial charge in [0.2, 0.25) is 5.91 Å². The summed E-state index contributed by atoms with van der Waals surface area (Å²) in [6.45, 7) is 11.9. The van der Waals surface area contributed by atoms with Crippen LogP contribution in [-0.2, 0) is 6.42 Å². The molecule has 0 bridgehead atoms. The number of nitrogens with zero attached hydrogens (tertiary/aromatic N) is 1. The van der Waals surface area contributed by atoms with Crippen LogP contribution in [0.25, 0.3) is 0 Å². The average Bonchev–Trinajstić information content (AvgIpc) is 2.91. The Hall–Kier alpha value is -3.30. The number of rotatable bonds is 16. The number of carbonyl (C=O) groups excluding carboxylic acids is 3. The molecule has 0 saturated carbocycles. The molecule has 3 amide bonds. The first-order valence-corrected chi connectivity index (χ1v) is 14.2. The minimum Gasteiger partial charge on any atom is -0.390 e. The van der Waals surface area contributed by atoms with Crippen molar-refractivity contribution in [1.29, 1.82) is 0 Å². The van der Waals surface area contributed by atoms with Gasteiger partial charge in [-0.2, -0.15) is 0 Å². The zero-order valence-electron chi connectivity index (χ0n) is 24.4. The minimum atomic E-state index is -0.952. The van der Waals surface area contributed by atoms with Crippen LogP contribution in [0, 0.1) is 18.7 Å². The van der Waals surface area contributed by atoms with Crippen molar-refractivity contribution in [2.75, 3.05) is 26.2 Å². The molecule has 0 saturated heterocycles. The van der Waals surface area contributed by atoms with Crippen LogP contribution < -0.4 is 16.4 Å². The van der Waals surface area contributed by atoms with Crippen molar-refractivity contribution in [1.82, 2.24) is 15.5 Å². The van der Waals surface area contributed by atoms with E-state index >= 15 is 0 Å². The van der Waals surface area contributed by atoms with Crippen LogP contribution in [-0.4, -0.2) is 66.1 Å². The fourth-order valence-corrected chi connectivity index (χ4v) is 4.47. The number of amides is 3. The molecule has 0 unspecified atom stereocenters. The molecule has 2 rings (SSSR count). The number of aryl methyl sites for hydroxylation is 1. The molecule has 0 aliphatic carbocycles. The summed E-state index contributed by atoms with van der Waals surface area (Å²) in [4.78, 5) is 40.5. The summed E-state index contributed by atoms with van der Waals surface area (Å²) in [6, 6.07) is 8.17. The van der Waals surface area contributed by atoms with E-state index in [0.717, 1.165) is 24.8 Å². The van der Waals surface area contributed by atoms with E-state index < -0.39 is 24.0 Å². The predicted molar refractivity (Wildman–Crippen MR) is 156 cm³/mol. The molecule has 0 spiro atoms. The summed E-state index contributed by atoms with van der Waals surface area (Å²) in [5, 5.41) is 17.2. The van der Waals surface area contributed by atoms with Gasteiger partial charge < -0.3 is 26.4 Å². The van der Waals surface area contributed by atoms with Crippen LogP contribution >= 0.6 is 0 Å². The molecular weight excluding hydrogens is 511 g/mol. The Morgan fingerprint density at radius 2 is 1.62 bits per heavy atom. The zero-order valence-corrected chi connectivity index (χ0v) is 24.4. The Balaban J connectivity index is 2.36. The van der Waals surface area contributed by atoms with Crippen LogP contribution in [0.4, 0.5) is 4.39 Å². The van der Waals surface area contributed by atoms with Crippen molar-refractivity contribution >= 4 is 17.7 Å². The van der Waals surface area contributed by atoms with Gasteiger partial charge >= 0.3 is 0 Å². The second-order valence-corrected chi connectivity index (χ2v) is 10.8. The average molecular weight is 557 g/mol. The molecule has 0 fully saturated rings. The molecule has 0 aromatic heterocycles. The third kappa shape index (κ3) is 10.0. The first-order valence-electron chi connectivity index (χ1n) is 14.2. The molecule has 2 atom stereocenters. The number of aliphatic hydroxyl groups is 1. The van der Waals surface area contributed by atoms with Gasteiger partial charge in [-0.3, -0.25) is 14.4 Å². The molecule has 8 nitrogen and oxygen atoms in total. The third-order valence-corrected chi connectivity index (χ3v) is 6.71. The molecule has 40 heavy (non-hydrogen) atoms. The van der Waals surface area contributed by atoms with E-state index in [1.54, 1.807) is 24.0 Å². The van der Waals surface area contributed by atoms with Crippen LogP contribution in [0.3, 0.4) is 0 Å². The molecule has 220 valence electrons. The lowest BCUT2D eigenvalue weighted by Crippen LogP contribution is -2.49. The Morgan fingerprint density at radius 1 is 1.00 bits per heavy atom. The highest BCUT2D eigenvalue weighted by molar-refractivity contribution is 6.04. The number of primary amides is 1. The topological polar surface area (TPSA) is 125 Å². The lowest BCUT2D eigenvalue weighted by molar-refractivity contribution is 0.0755. The lowest BCUT2D eigenvalue weighted by Gasteiger charge is -2.26. The largest absolute Gasteiger partial charge is 0.390 e. The summed E-state index contributed by atoms with van der Waals surface area (Å²) in [7, 11) is 0. The molecule has 0 heterocycles. The predicted octanol–water partition coefficient (Wildman–Crippen LogP) is 3.83. The third-order valence-electron chi connectivity index (χ3n) is 6.71. The number of nitrogens with one attached hydrogen (secondary N) is 2. The van der Waals surface area contributed by atoms with Crippen molar-refractivity contribution in [3.63, 3.8) is 0 Å². The van der Waals surface area contributed by atoms with Gasteiger partial charge in [-0.05, 0) is 80.5 Å². The van der Waals surface area contributed by atoms with Gasteiger partial charge in [0.25, 0.3) is 11.8 Å². The summed E-state index contributed by atoms with van der Waals surface area (Å²) in [5.41, 5.74) is 7.09. The lowest BCUT2D eigenvalue weighted by atomic mass is 9.98. The van der Waals surface area contributed by atoms with E-state index in [1.165, 1.54) is 24.3 Å². The Bertz CT molecular complexity index is 1150. The monoisotopic (exact) mass is 556 g/mol. The number of nitrogens with two attached hydrogens (primary N) is 1. The molecule has 5 N–H and O–H groups in total. The number of hydrogen-bond donors (Lipinski definition) is 4. The van der Waals surface area contributed by atoms with Crippen molar-refractivity contribution in [3.8, 4) is 0 Å². The Kier molecular flexibility index (Phi) is 13.2. The van der Waals surface area contributed by atoms with Gasteiger partial charge in [-0.25, -0.2) is 4.39 Å². The molecule has 2 aromatic carbocycles. The minimum absolute atomic E-state index is 0.0468. The van der Waals surface area contributed by atoms with E-state index in [1.807, 2.05) is 13.8 Å². The summed E-state index contributed by atoms with van der Waals surface area (Å²) < 4.78 is 13.9. The van der Waals surface area contributed by atoms with Crippen molar-refractivity contribution < 1.29 is 23.9 Å². The summed E-state index contributed by atoms with van der Waals surface area (Å²) in [5.74, 6) is -1.43. The molecule has 0 aliphatic heterocycles. The van der Waals surface area contributed by atoms with E-state index in [4.69, 9.17) is 5.73 Å². The Morgan fingerprint density at radius 3 is 2.20 bits per heavy atom. The SMILES string of the molecule is CCCN(CCC)C(=O)c1cc(C(N)=O)cc(C(=O)N[C@@H](Cc2ccc(F)c(C)c2)[C@H](O)CNCCC(C)C)c1. The highest BCUT2D eigenvalue weighted by Crippen LogP contribution is 2.16. The van der Waals surface area contributed by atoms with Gasteiger partial charge in [0.1, 0.15) is 5.82 Å². The van der Waals surface area contributed by atoms with Crippen LogP contribution in [0.2, 0.25) is 0 Å². The number of halogens is 1. The van der Waals surface area contributed by atoms with Gasteiger partial charge in [0.05, 0.1) is 12.1 Å². The number of aliphatic hydroxyl groups excluding tert-OH is 1. The second-order valence-electron chi connectivity index (χ2n) is 10.8. The molecule has 0 radical (unpaired) electrons. The summed E-state index contributed by atoms with van der Waals surface area (Å²) >= 11 is 0. The first-order chi connectivity index (χ1) is 19.0. The van der Waals surface area contributed by atoms with Gasteiger partial charge in [-0.1, -0.05) is 39.8 Å². The quantitative estimate of drug-likeness (QED) is 0.234.